The van der Waals surface area contributed by atoms with Crippen molar-refractivity contribution in [1.29, 1.82) is 0 Å². The first-order chi connectivity index (χ1) is 7.20. The normalized spacial score (nSPS) is 20.5. The van der Waals surface area contributed by atoms with Gasteiger partial charge in [0, 0.05) is 11.0 Å². The first-order valence-electron chi connectivity index (χ1n) is 4.50. The number of halogens is 2. The Morgan fingerprint density at radius 2 is 2.13 bits per heavy atom. The molecule has 1 saturated heterocycles. The minimum absolute atomic E-state index is 0.137. The van der Waals surface area contributed by atoms with Gasteiger partial charge in [-0.3, -0.25) is 4.90 Å². The number of nitrogens with zero attached hydrogens (tertiary/aromatic N) is 1. The minimum Gasteiger partial charge on any atom is -0.443 e. The molecule has 1 amide bonds. The quantitative estimate of drug-likeness (QED) is 0.776. The molecular weight excluding hydrogens is 265 g/mol. The number of hydrogen-bond acceptors (Lipinski definition) is 2. The molecule has 1 fully saturated rings. The van der Waals surface area contributed by atoms with E-state index in [-0.39, 0.29) is 18.0 Å². The number of cyclic esters (lactones) is 1. The van der Waals surface area contributed by atoms with Crippen molar-refractivity contribution < 1.29 is 13.9 Å². The maximum Gasteiger partial charge on any atom is 0.414 e. The number of ether oxygens (including phenoxy) is 1. The van der Waals surface area contributed by atoms with Crippen LogP contribution in [-0.4, -0.2) is 24.1 Å². The fraction of sp³-hybridized carbons (Fsp3) is 0.300. The third-order valence-corrected chi connectivity index (χ3v) is 2.91. The standard InChI is InChI=1S/C10H9BrFNO2/c11-5-9-6-13(10(14)15-9)8-3-1-7(12)2-4-8/h1-4,9H,5-6H2. The van der Waals surface area contributed by atoms with E-state index in [4.69, 9.17) is 4.74 Å². The Morgan fingerprint density at radius 3 is 2.67 bits per heavy atom. The van der Waals surface area contributed by atoms with E-state index in [9.17, 15) is 9.18 Å². The van der Waals surface area contributed by atoms with Crippen molar-refractivity contribution in [2.24, 2.45) is 0 Å². The lowest BCUT2D eigenvalue weighted by Crippen LogP contribution is -2.24. The first-order valence-corrected chi connectivity index (χ1v) is 5.62. The van der Waals surface area contributed by atoms with Crippen LogP contribution in [0.5, 0.6) is 0 Å². The molecule has 0 spiro atoms. The summed E-state index contributed by atoms with van der Waals surface area (Å²) in [6.07, 6.45) is -0.520. The average molecular weight is 274 g/mol. The number of carbonyl (C=O) groups is 1. The van der Waals surface area contributed by atoms with Crippen LogP contribution in [0.3, 0.4) is 0 Å². The molecule has 1 heterocycles. The van der Waals surface area contributed by atoms with E-state index in [0.717, 1.165) is 0 Å². The Morgan fingerprint density at radius 1 is 1.47 bits per heavy atom. The summed E-state index contributed by atoms with van der Waals surface area (Å²) in [6.45, 7) is 0.496. The molecule has 0 radical (unpaired) electrons. The van der Waals surface area contributed by atoms with Gasteiger partial charge in [-0.2, -0.15) is 0 Å². The van der Waals surface area contributed by atoms with Crippen molar-refractivity contribution in [3.63, 3.8) is 0 Å². The molecule has 1 unspecified atom stereocenters. The molecule has 0 N–H and O–H groups in total. The van der Waals surface area contributed by atoms with Gasteiger partial charge in [0.25, 0.3) is 0 Å². The zero-order valence-electron chi connectivity index (χ0n) is 7.82. The summed E-state index contributed by atoms with van der Waals surface area (Å²) in [6, 6.07) is 5.77. The Hall–Kier alpha value is -1.10. The van der Waals surface area contributed by atoms with E-state index in [2.05, 4.69) is 15.9 Å². The fourth-order valence-corrected chi connectivity index (χ4v) is 1.77. The van der Waals surface area contributed by atoms with E-state index in [1.165, 1.54) is 17.0 Å². The van der Waals surface area contributed by atoms with Gasteiger partial charge in [0.1, 0.15) is 11.9 Å². The highest BCUT2D eigenvalue weighted by Crippen LogP contribution is 2.22. The van der Waals surface area contributed by atoms with E-state index >= 15 is 0 Å². The molecule has 0 bridgehead atoms. The van der Waals surface area contributed by atoms with Crippen molar-refractivity contribution in [2.45, 2.75) is 6.10 Å². The highest BCUT2D eigenvalue weighted by atomic mass is 79.9. The SMILES string of the molecule is O=C1OC(CBr)CN1c1ccc(F)cc1. The molecule has 1 aliphatic heterocycles. The van der Waals surface area contributed by atoms with Crippen LogP contribution < -0.4 is 4.90 Å². The van der Waals surface area contributed by atoms with Crippen LogP contribution in [0.1, 0.15) is 0 Å². The van der Waals surface area contributed by atoms with Crippen LogP contribution >= 0.6 is 15.9 Å². The van der Waals surface area contributed by atoms with Gasteiger partial charge in [0.2, 0.25) is 0 Å². The second-order valence-corrected chi connectivity index (χ2v) is 3.89. The predicted molar refractivity (Wildman–Crippen MR) is 57.8 cm³/mol. The van der Waals surface area contributed by atoms with E-state index < -0.39 is 0 Å². The number of alkyl halides is 1. The fourth-order valence-electron chi connectivity index (χ4n) is 1.43. The Bertz CT molecular complexity index is 368. The summed E-state index contributed by atoms with van der Waals surface area (Å²) in [5.41, 5.74) is 0.657. The summed E-state index contributed by atoms with van der Waals surface area (Å²) < 4.78 is 17.7. The van der Waals surface area contributed by atoms with E-state index in [1.54, 1.807) is 12.1 Å². The van der Waals surface area contributed by atoms with Crippen LogP contribution in [0.4, 0.5) is 14.9 Å². The van der Waals surface area contributed by atoms with Gasteiger partial charge >= 0.3 is 6.09 Å². The highest BCUT2D eigenvalue weighted by Gasteiger charge is 2.31. The van der Waals surface area contributed by atoms with Gasteiger partial charge in [0.05, 0.1) is 6.54 Å². The molecule has 80 valence electrons. The number of hydrogen-bond donors (Lipinski definition) is 0. The number of anilines is 1. The topological polar surface area (TPSA) is 29.5 Å². The van der Waals surface area contributed by atoms with Crippen molar-refractivity contribution in [3.05, 3.63) is 30.1 Å². The Kier molecular flexibility index (Phi) is 2.90. The number of amides is 1. The zero-order valence-corrected chi connectivity index (χ0v) is 9.41. The van der Waals surface area contributed by atoms with E-state index in [1.807, 2.05) is 0 Å². The smallest absolute Gasteiger partial charge is 0.414 e. The molecule has 1 aromatic rings. The summed E-state index contributed by atoms with van der Waals surface area (Å²) in [4.78, 5) is 12.9. The summed E-state index contributed by atoms with van der Waals surface area (Å²) in [7, 11) is 0. The van der Waals surface area contributed by atoms with Gasteiger partial charge in [-0.25, -0.2) is 9.18 Å². The van der Waals surface area contributed by atoms with Crippen molar-refractivity contribution in [1.82, 2.24) is 0 Å². The molecule has 5 heteroatoms. The van der Waals surface area contributed by atoms with Gasteiger partial charge in [-0.15, -0.1) is 0 Å². The van der Waals surface area contributed by atoms with Gasteiger partial charge < -0.3 is 4.74 Å². The Labute approximate surface area is 95.0 Å². The lowest BCUT2D eigenvalue weighted by Gasteiger charge is -2.12. The molecule has 1 atom stereocenters. The lowest BCUT2D eigenvalue weighted by atomic mass is 10.3. The molecular formula is C10H9BrFNO2. The minimum atomic E-state index is -0.383. The molecule has 1 aliphatic rings. The average Bonchev–Trinajstić information content (AvgIpc) is 2.61. The molecule has 0 aliphatic carbocycles. The van der Waals surface area contributed by atoms with Crippen molar-refractivity contribution in [3.8, 4) is 0 Å². The molecule has 2 rings (SSSR count). The second-order valence-electron chi connectivity index (χ2n) is 3.25. The maximum atomic E-state index is 12.7. The molecule has 15 heavy (non-hydrogen) atoms. The summed E-state index contributed by atoms with van der Waals surface area (Å²) >= 11 is 3.25. The second kappa shape index (κ2) is 4.18. The van der Waals surface area contributed by atoms with Gasteiger partial charge in [-0.1, -0.05) is 15.9 Å². The van der Waals surface area contributed by atoms with Crippen LogP contribution in [0, 0.1) is 5.82 Å². The summed E-state index contributed by atoms with van der Waals surface area (Å²) in [5, 5.41) is 0.608. The number of rotatable bonds is 2. The molecule has 0 aromatic heterocycles. The van der Waals surface area contributed by atoms with Crippen LogP contribution in [0.25, 0.3) is 0 Å². The Balaban J connectivity index is 2.18. The largest absolute Gasteiger partial charge is 0.443 e. The van der Waals surface area contributed by atoms with E-state index in [0.29, 0.717) is 17.6 Å². The third kappa shape index (κ3) is 2.12. The third-order valence-electron chi connectivity index (χ3n) is 2.18. The predicted octanol–water partition coefficient (Wildman–Crippen LogP) is 2.55. The number of benzene rings is 1. The van der Waals surface area contributed by atoms with Crippen LogP contribution in [0.2, 0.25) is 0 Å². The lowest BCUT2D eigenvalue weighted by molar-refractivity contribution is 0.152. The van der Waals surface area contributed by atoms with Gasteiger partial charge in [-0.05, 0) is 24.3 Å². The monoisotopic (exact) mass is 273 g/mol. The first kappa shape index (κ1) is 10.4. The van der Waals surface area contributed by atoms with Crippen molar-refractivity contribution >= 4 is 27.7 Å². The summed E-state index contributed by atoms with van der Waals surface area (Å²) in [5.74, 6) is -0.316. The van der Waals surface area contributed by atoms with Crippen LogP contribution in [-0.2, 0) is 4.74 Å². The zero-order chi connectivity index (χ0) is 10.8. The van der Waals surface area contributed by atoms with Crippen molar-refractivity contribution in [2.75, 3.05) is 16.8 Å². The van der Waals surface area contributed by atoms with Gasteiger partial charge in [0.15, 0.2) is 0 Å². The maximum absolute atomic E-state index is 12.7. The number of carbonyl (C=O) groups excluding carboxylic acids is 1. The van der Waals surface area contributed by atoms with Crippen LogP contribution in [0.15, 0.2) is 24.3 Å². The molecule has 1 aromatic carbocycles. The molecule has 0 saturated carbocycles. The molecule has 3 nitrogen and oxygen atoms in total. The highest BCUT2D eigenvalue weighted by molar-refractivity contribution is 9.09.